The lowest BCUT2D eigenvalue weighted by Crippen LogP contribution is -2.41. The average molecular weight is 447 g/mol. The van der Waals surface area contributed by atoms with E-state index in [0.29, 0.717) is 16.9 Å². The van der Waals surface area contributed by atoms with Gasteiger partial charge in [-0.3, -0.25) is 9.36 Å². The summed E-state index contributed by atoms with van der Waals surface area (Å²) in [6, 6.07) is 10.3. The third kappa shape index (κ3) is 3.79. The number of aryl methyl sites for hydroxylation is 1. The molecule has 1 atom stereocenters. The van der Waals surface area contributed by atoms with Gasteiger partial charge in [0, 0.05) is 18.0 Å². The van der Waals surface area contributed by atoms with Crippen molar-refractivity contribution in [2.24, 2.45) is 0 Å². The Balaban J connectivity index is 1.72. The minimum absolute atomic E-state index is 0.0104. The highest BCUT2D eigenvalue weighted by Gasteiger charge is 2.36. The lowest BCUT2D eigenvalue weighted by atomic mass is 9.90. The largest absolute Gasteiger partial charge is 0.487 e. The number of thiazole rings is 1. The highest BCUT2D eigenvalue weighted by Crippen LogP contribution is 2.40. The smallest absolute Gasteiger partial charge is 0.308 e. The van der Waals surface area contributed by atoms with E-state index < -0.39 is 21.7 Å². The van der Waals surface area contributed by atoms with Gasteiger partial charge >= 0.3 is 4.87 Å². The fourth-order valence-electron chi connectivity index (χ4n) is 3.99. The van der Waals surface area contributed by atoms with Crippen LogP contribution in [0.5, 0.6) is 5.75 Å². The van der Waals surface area contributed by atoms with Crippen molar-refractivity contribution in [2.75, 3.05) is 0 Å². The van der Waals surface area contributed by atoms with E-state index in [1.54, 1.807) is 22.8 Å². The van der Waals surface area contributed by atoms with Crippen LogP contribution in [0.1, 0.15) is 57.3 Å². The molecule has 0 saturated carbocycles. The number of nitrogens with one attached hydrogen (secondary N) is 1. The maximum absolute atomic E-state index is 13.2. The van der Waals surface area contributed by atoms with Crippen LogP contribution in [0.15, 0.2) is 46.1 Å². The SMILES string of the molecule is Cc1ccc2c(c1)OC(C)(C)C[C@H]2NS(=O)(=O)c1ccc2c(c1)sc(=O)n2C(C)C. The Morgan fingerprint density at radius 1 is 1.20 bits per heavy atom. The molecule has 0 aliphatic carbocycles. The molecule has 0 amide bonds. The van der Waals surface area contributed by atoms with Gasteiger partial charge in [-0.15, -0.1) is 0 Å². The van der Waals surface area contributed by atoms with Crippen molar-refractivity contribution in [1.82, 2.24) is 9.29 Å². The predicted octanol–water partition coefficient (Wildman–Crippen LogP) is 4.53. The number of sulfonamides is 1. The van der Waals surface area contributed by atoms with Crippen molar-refractivity contribution < 1.29 is 13.2 Å². The Kier molecular flexibility index (Phi) is 5.07. The summed E-state index contributed by atoms with van der Waals surface area (Å²) >= 11 is 1.07. The molecular weight excluding hydrogens is 420 g/mol. The molecule has 1 aromatic heterocycles. The van der Waals surface area contributed by atoms with Gasteiger partial charge in [0.25, 0.3) is 0 Å². The molecule has 8 heteroatoms. The Morgan fingerprint density at radius 2 is 1.93 bits per heavy atom. The summed E-state index contributed by atoms with van der Waals surface area (Å²) in [5, 5.41) is 0. The predicted molar refractivity (Wildman–Crippen MR) is 120 cm³/mol. The van der Waals surface area contributed by atoms with Crippen LogP contribution in [0.4, 0.5) is 0 Å². The van der Waals surface area contributed by atoms with Crippen molar-refractivity contribution in [1.29, 1.82) is 0 Å². The molecule has 3 aromatic rings. The van der Waals surface area contributed by atoms with Gasteiger partial charge in [0.2, 0.25) is 10.0 Å². The van der Waals surface area contributed by atoms with E-state index in [4.69, 9.17) is 4.74 Å². The van der Waals surface area contributed by atoms with Crippen molar-refractivity contribution in [3.63, 3.8) is 0 Å². The van der Waals surface area contributed by atoms with Crippen molar-refractivity contribution in [3.05, 3.63) is 57.2 Å². The number of benzene rings is 2. The lowest BCUT2D eigenvalue weighted by molar-refractivity contribution is 0.0701. The molecule has 0 spiro atoms. The Bertz CT molecular complexity index is 1290. The van der Waals surface area contributed by atoms with Crippen LogP contribution in [0.2, 0.25) is 0 Å². The van der Waals surface area contributed by atoms with Crippen LogP contribution in [-0.4, -0.2) is 18.6 Å². The minimum atomic E-state index is -3.79. The average Bonchev–Trinajstić information content (AvgIpc) is 2.94. The summed E-state index contributed by atoms with van der Waals surface area (Å²) < 4.78 is 37.7. The molecule has 4 rings (SSSR count). The first-order chi connectivity index (χ1) is 14.0. The normalized spacial score (nSPS) is 18.4. The maximum Gasteiger partial charge on any atom is 0.308 e. The number of hydrogen-bond donors (Lipinski definition) is 1. The molecule has 30 heavy (non-hydrogen) atoms. The van der Waals surface area contributed by atoms with Gasteiger partial charge in [-0.1, -0.05) is 23.5 Å². The molecule has 2 aromatic carbocycles. The van der Waals surface area contributed by atoms with E-state index in [1.165, 1.54) is 0 Å². The molecule has 0 bridgehead atoms. The van der Waals surface area contributed by atoms with Gasteiger partial charge in [-0.2, -0.15) is 0 Å². The van der Waals surface area contributed by atoms with Crippen molar-refractivity contribution in [2.45, 2.75) is 63.6 Å². The zero-order valence-electron chi connectivity index (χ0n) is 17.7. The summed E-state index contributed by atoms with van der Waals surface area (Å²) in [5.41, 5.74) is 2.15. The van der Waals surface area contributed by atoms with Crippen molar-refractivity contribution in [3.8, 4) is 5.75 Å². The standard InChI is InChI=1S/C22H26N2O4S2/c1-13(2)24-18-9-7-15(11-20(18)29-21(24)25)30(26,27)23-17-12-22(4,5)28-19-10-14(3)6-8-16(17)19/h6-11,13,17,23H,12H2,1-5H3/t17-/m1/s1. The van der Waals surface area contributed by atoms with Crippen molar-refractivity contribution >= 4 is 31.6 Å². The first kappa shape index (κ1) is 21.1. The van der Waals surface area contributed by atoms with E-state index in [2.05, 4.69) is 4.72 Å². The molecule has 1 aliphatic rings. The topological polar surface area (TPSA) is 77.4 Å². The van der Waals surface area contributed by atoms with Crippen LogP contribution >= 0.6 is 11.3 Å². The molecule has 6 nitrogen and oxygen atoms in total. The van der Waals surface area contributed by atoms with E-state index in [9.17, 15) is 13.2 Å². The highest BCUT2D eigenvalue weighted by atomic mass is 32.2. The fourth-order valence-corrected chi connectivity index (χ4v) is 6.36. The monoisotopic (exact) mass is 446 g/mol. The second-order valence-corrected chi connectivity index (χ2v) is 11.4. The molecule has 160 valence electrons. The number of ether oxygens (including phenoxy) is 1. The Morgan fingerprint density at radius 3 is 2.63 bits per heavy atom. The Hall–Kier alpha value is -2.16. The van der Waals surface area contributed by atoms with Gasteiger partial charge in [0.1, 0.15) is 11.4 Å². The van der Waals surface area contributed by atoms with E-state index in [0.717, 1.165) is 28.0 Å². The molecule has 2 heterocycles. The van der Waals surface area contributed by atoms with Crippen LogP contribution in [0.25, 0.3) is 10.2 Å². The first-order valence-corrected chi connectivity index (χ1v) is 12.2. The number of aromatic nitrogens is 1. The fraction of sp³-hybridized carbons (Fsp3) is 0.409. The molecule has 0 unspecified atom stereocenters. The van der Waals surface area contributed by atoms with Crippen LogP contribution in [0.3, 0.4) is 0 Å². The summed E-state index contributed by atoms with van der Waals surface area (Å²) in [6.45, 7) is 9.77. The molecular formula is C22H26N2O4S2. The highest BCUT2D eigenvalue weighted by molar-refractivity contribution is 7.89. The molecule has 0 radical (unpaired) electrons. The van der Waals surface area contributed by atoms with Crippen LogP contribution in [0, 0.1) is 6.92 Å². The number of hydrogen-bond acceptors (Lipinski definition) is 5. The lowest BCUT2D eigenvalue weighted by Gasteiger charge is -2.38. The third-order valence-corrected chi connectivity index (χ3v) is 7.72. The summed E-state index contributed by atoms with van der Waals surface area (Å²) in [5.74, 6) is 0.710. The zero-order valence-corrected chi connectivity index (χ0v) is 19.4. The van der Waals surface area contributed by atoms with Gasteiger partial charge in [-0.05, 0) is 64.4 Å². The van der Waals surface area contributed by atoms with Crippen LogP contribution in [-0.2, 0) is 10.0 Å². The third-order valence-electron chi connectivity index (χ3n) is 5.34. The summed E-state index contributed by atoms with van der Waals surface area (Å²) in [6.07, 6.45) is 0.515. The van der Waals surface area contributed by atoms with E-state index in [1.807, 2.05) is 52.8 Å². The molecule has 1 N–H and O–H groups in total. The van der Waals surface area contributed by atoms with E-state index in [-0.39, 0.29) is 15.8 Å². The van der Waals surface area contributed by atoms with Gasteiger partial charge in [0.15, 0.2) is 0 Å². The zero-order chi connectivity index (χ0) is 21.8. The van der Waals surface area contributed by atoms with Gasteiger partial charge < -0.3 is 4.74 Å². The van der Waals surface area contributed by atoms with Gasteiger partial charge in [0.05, 0.1) is 21.2 Å². The van der Waals surface area contributed by atoms with E-state index >= 15 is 0 Å². The molecule has 0 saturated heterocycles. The quantitative estimate of drug-likeness (QED) is 0.639. The second kappa shape index (κ2) is 7.21. The molecule has 1 aliphatic heterocycles. The second-order valence-electron chi connectivity index (χ2n) is 8.74. The maximum atomic E-state index is 13.2. The number of fused-ring (bicyclic) bond motifs is 2. The first-order valence-electron chi connectivity index (χ1n) is 9.94. The number of nitrogens with zero attached hydrogens (tertiary/aromatic N) is 1. The Labute approximate surface area is 180 Å². The van der Waals surface area contributed by atoms with Crippen LogP contribution < -0.4 is 14.3 Å². The summed E-state index contributed by atoms with van der Waals surface area (Å²) in [7, 11) is -3.79. The minimum Gasteiger partial charge on any atom is -0.487 e. The number of rotatable bonds is 4. The summed E-state index contributed by atoms with van der Waals surface area (Å²) in [4.78, 5) is 12.4. The molecule has 0 fully saturated rings. The van der Waals surface area contributed by atoms with Gasteiger partial charge in [-0.25, -0.2) is 13.1 Å².